The van der Waals surface area contributed by atoms with E-state index in [4.69, 9.17) is 5.73 Å². The number of hydrogen-bond donors (Lipinski definition) is 2. The van der Waals surface area contributed by atoms with E-state index in [0.29, 0.717) is 13.1 Å². The van der Waals surface area contributed by atoms with E-state index in [1.54, 1.807) is 11.9 Å². The molecule has 0 atom stereocenters. The first kappa shape index (κ1) is 15.1. The molecular formula is C17H21N3O. The summed E-state index contributed by atoms with van der Waals surface area (Å²) < 4.78 is 0. The van der Waals surface area contributed by atoms with Gasteiger partial charge in [-0.2, -0.15) is 0 Å². The van der Waals surface area contributed by atoms with E-state index in [0.717, 1.165) is 22.4 Å². The van der Waals surface area contributed by atoms with Gasteiger partial charge in [0.2, 0.25) is 0 Å². The smallest absolute Gasteiger partial charge is 0.321 e. The fraction of sp³-hybridized carbons (Fsp3) is 0.235. The van der Waals surface area contributed by atoms with Crippen molar-refractivity contribution in [1.82, 2.24) is 4.90 Å². The minimum Gasteiger partial charge on any atom is -0.326 e. The van der Waals surface area contributed by atoms with Gasteiger partial charge in [-0.25, -0.2) is 4.79 Å². The highest BCUT2D eigenvalue weighted by Gasteiger charge is 2.09. The minimum absolute atomic E-state index is 0.122. The monoisotopic (exact) mass is 283 g/mol. The summed E-state index contributed by atoms with van der Waals surface area (Å²) >= 11 is 0. The molecule has 0 bridgehead atoms. The van der Waals surface area contributed by atoms with Crippen LogP contribution < -0.4 is 11.1 Å². The van der Waals surface area contributed by atoms with Crippen LogP contribution in [0.5, 0.6) is 0 Å². The largest absolute Gasteiger partial charge is 0.326 e. The molecule has 2 rings (SSSR count). The highest BCUT2D eigenvalue weighted by atomic mass is 16.2. The van der Waals surface area contributed by atoms with Gasteiger partial charge in [-0.1, -0.05) is 36.4 Å². The molecule has 110 valence electrons. The van der Waals surface area contributed by atoms with Gasteiger partial charge >= 0.3 is 6.03 Å². The lowest BCUT2D eigenvalue weighted by molar-refractivity contribution is 0.220. The summed E-state index contributed by atoms with van der Waals surface area (Å²) in [6.45, 7) is 3.09. The van der Waals surface area contributed by atoms with Gasteiger partial charge in [0.05, 0.1) is 0 Å². The van der Waals surface area contributed by atoms with Crippen molar-refractivity contribution in [1.29, 1.82) is 0 Å². The Labute approximate surface area is 125 Å². The molecular weight excluding hydrogens is 262 g/mol. The summed E-state index contributed by atoms with van der Waals surface area (Å²) in [7, 11) is 1.78. The number of urea groups is 1. The number of benzene rings is 2. The zero-order valence-corrected chi connectivity index (χ0v) is 12.5. The van der Waals surface area contributed by atoms with Crippen molar-refractivity contribution in [3.63, 3.8) is 0 Å². The SMILES string of the molecule is Cc1cccc(NC(=O)N(C)Cc2ccc(CN)cc2)c1. The van der Waals surface area contributed by atoms with Gasteiger partial charge in [0.15, 0.2) is 0 Å². The van der Waals surface area contributed by atoms with Gasteiger partial charge in [-0.05, 0) is 35.7 Å². The maximum absolute atomic E-state index is 12.1. The molecule has 2 aromatic rings. The Morgan fingerprint density at radius 2 is 1.81 bits per heavy atom. The molecule has 0 fully saturated rings. The van der Waals surface area contributed by atoms with Crippen LogP contribution in [-0.4, -0.2) is 18.0 Å². The number of carbonyl (C=O) groups is 1. The molecule has 2 amide bonds. The van der Waals surface area contributed by atoms with Crippen molar-refractivity contribution < 1.29 is 4.79 Å². The van der Waals surface area contributed by atoms with Crippen LogP contribution in [0.15, 0.2) is 48.5 Å². The zero-order chi connectivity index (χ0) is 15.2. The second kappa shape index (κ2) is 6.90. The summed E-state index contributed by atoms with van der Waals surface area (Å²) in [5, 5.41) is 2.89. The van der Waals surface area contributed by atoms with Crippen molar-refractivity contribution in [2.75, 3.05) is 12.4 Å². The fourth-order valence-corrected chi connectivity index (χ4v) is 2.07. The standard InChI is InChI=1S/C17H21N3O/c1-13-4-3-5-16(10-13)19-17(21)20(2)12-15-8-6-14(11-18)7-9-15/h3-10H,11-12,18H2,1-2H3,(H,19,21). The van der Waals surface area contributed by atoms with Crippen molar-refractivity contribution in [2.45, 2.75) is 20.0 Å². The van der Waals surface area contributed by atoms with Crippen molar-refractivity contribution in [3.8, 4) is 0 Å². The topological polar surface area (TPSA) is 58.4 Å². The number of rotatable bonds is 4. The Kier molecular flexibility index (Phi) is 4.95. The van der Waals surface area contributed by atoms with Gasteiger partial charge in [0.25, 0.3) is 0 Å². The van der Waals surface area contributed by atoms with E-state index in [1.807, 2.05) is 55.5 Å². The molecule has 0 radical (unpaired) electrons. The van der Waals surface area contributed by atoms with Crippen LogP contribution in [0.25, 0.3) is 0 Å². The molecule has 4 heteroatoms. The first-order chi connectivity index (χ1) is 10.1. The van der Waals surface area contributed by atoms with E-state index >= 15 is 0 Å². The number of hydrogen-bond acceptors (Lipinski definition) is 2. The van der Waals surface area contributed by atoms with Crippen LogP contribution in [0, 0.1) is 6.92 Å². The number of amides is 2. The number of aryl methyl sites for hydroxylation is 1. The van der Waals surface area contributed by atoms with Crippen LogP contribution in [0.2, 0.25) is 0 Å². The molecule has 3 N–H and O–H groups in total. The van der Waals surface area contributed by atoms with Crippen LogP contribution in [0.4, 0.5) is 10.5 Å². The molecule has 0 heterocycles. The van der Waals surface area contributed by atoms with E-state index in [9.17, 15) is 4.79 Å². The van der Waals surface area contributed by atoms with E-state index in [2.05, 4.69) is 5.32 Å². The van der Waals surface area contributed by atoms with Crippen molar-refractivity contribution >= 4 is 11.7 Å². The normalized spacial score (nSPS) is 10.2. The lowest BCUT2D eigenvalue weighted by Gasteiger charge is -2.18. The predicted octanol–water partition coefficient (Wildman–Crippen LogP) is 3.12. The fourth-order valence-electron chi connectivity index (χ4n) is 2.07. The van der Waals surface area contributed by atoms with Crippen LogP contribution in [0.3, 0.4) is 0 Å². The summed E-state index contributed by atoms with van der Waals surface area (Å²) in [5.41, 5.74) is 9.67. The zero-order valence-electron chi connectivity index (χ0n) is 12.5. The summed E-state index contributed by atoms with van der Waals surface area (Å²) in [6.07, 6.45) is 0. The molecule has 0 saturated carbocycles. The number of anilines is 1. The Hall–Kier alpha value is -2.33. The minimum atomic E-state index is -0.122. The molecule has 0 spiro atoms. The van der Waals surface area contributed by atoms with Gasteiger partial charge in [0.1, 0.15) is 0 Å². The second-order valence-electron chi connectivity index (χ2n) is 5.18. The highest BCUT2D eigenvalue weighted by Crippen LogP contribution is 2.11. The van der Waals surface area contributed by atoms with Crippen LogP contribution in [-0.2, 0) is 13.1 Å². The summed E-state index contributed by atoms with van der Waals surface area (Å²) in [6, 6.07) is 15.6. The molecule has 0 saturated heterocycles. The molecule has 0 aromatic heterocycles. The molecule has 21 heavy (non-hydrogen) atoms. The Balaban J connectivity index is 1.95. The second-order valence-corrected chi connectivity index (χ2v) is 5.18. The average molecular weight is 283 g/mol. The number of nitrogens with two attached hydrogens (primary N) is 1. The van der Waals surface area contributed by atoms with Gasteiger partial charge in [-0.15, -0.1) is 0 Å². The van der Waals surface area contributed by atoms with Gasteiger partial charge < -0.3 is 16.0 Å². The van der Waals surface area contributed by atoms with Gasteiger partial charge in [0, 0.05) is 25.8 Å². The van der Waals surface area contributed by atoms with Crippen molar-refractivity contribution in [3.05, 3.63) is 65.2 Å². The molecule has 0 aliphatic rings. The molecule has 2 aromatic carbocycles. The van der Waals surface area contributed by atoms with E-state index in [1.165, 1.54) is 0 Å². The predicted molar refractivity (Wildman–Crippen MR) is 86.0 cm³/mol. The lowest BCUT2D eigenvalue weighted by Crippen LogP contribution is -2.30. The Morgan fingerprint density at radius 1 is 1.14 bits per heavy atom. The Morgan fingerprint density at radius 3 is 2.43 bits per heavy atom. The van der Waals surface area contributed by atoms with Gasteiger partial charge in [-0.3, -0.25) is 0 Å². The van der Waals surface area contributed by atoms with E-state index < -0.39 is 0 Å². The lowest BCUT2D eigenvalue weighted by atomic mass is 10.1. The number of nitrogens with one attached hydrogen (secondary N) is 1. The first-order valence-corrected chi connectivity index (χ1v) is 6.95. The maximum atomic E-state index is 12.1. The summed E-state index contributed by atoms with van der Waals surface area (Å²) in [5.74, 6) is 0. The third kappa shape index (κ3) is 4.33. The van der Waals surface area contributed by atoms with Crippen LogP contribution in [0.1, 0.15) is 16.7 Å². The molecule has 0 unspecified atom stereocenters. The average Bonchev–Trinajstić information content (AvgIpc) is 2.48. The molecule has 4 nitrogen and oxygen atoms in total. The van der Waals surface area contributed by atoms with E-state index in [-0.39, 0.29) is 6.03 Å². The third-order valence-electron chi connectivity index (χ3n) is 3.29. The number of nitrogens with zero attached hydrogens (tertiary/aromatic N) is 1. The van der Waals surface area contributed by atoms with Crippen molar-refractivity contribution in [2.24, 2.45) is 5.73 Å². The quantitative estimate of drug-likeness (QED) is 0.905. The third-order valence-corrected chi connectivity index (χ3v) is 3.29. The maximum Gasteiger partial charge on any atom is 0.321 e. The number of carbonyl (C=O) groups excluding carboxylic acids is 1. The molecule has 0 aliphatic heterocycles. The first-order valence-electron chi connectivity index (χ1n) is 6.95. The molecule has 0 aliphatic carbocycles. The summed E-state index contributed by atoms with van der Waals surface area (Å²) in [4.78, 5) is 13.8. The van der Waals surface area contributed by atoms with Crippen LogP contribution >= 0.6 is 0 Å². The Bertz CT molecular complexity index is 608. The highest BCUT2D eigenvalue weighted by molar-refractivity contribution is 5.89.